The van der Waals surface area contributed by atoms with Crippen molar-refractivity contribution in [2.45, 2.75) is 20.8 Å². The molecule has 126 valence electrons. The maximum Gasteiger partial charge on any atom is 0.295 e. The van der Waals surface area contributed by atoms with Crippen molar-refractivity contribution in [3.8, 4) is 5.69 Å². The van der Waals surface area contributed by atoms with Gasteiger partial charge in [0.25, 0.3) is 5.69 Å². The van der Waals surface area contributed by atoms with Crippen molar-refractivity contribution in [2.24, 2.45) is 4.99 Å². The normalized spacial score (nSPS) is 11.2. The summed E-state index contributed by atoms with van der Waals surface area (Å²) >= 11 is 0. The Kier molecular flexibility index (Phi) is 4.48. The summed E-state index contributed by atoms with van der Waals surface area (Å²) in [6.07, 6.45) is 1.69. The van der Waals surface area contributed by atoms with Gasteiger partial charge in [0.05, 0.1) is 4.92 Å². The number of nitro benzene ring substituents is 1. The summed E-state index contributed by atoms with van der Waals surface area (Å²) in [6.45, 7) is 5.88. The topological polar surface area (TPSA) is 60.4 Å². The number of rotatable bonds is 4. The Balaban J connectivity index is 2.00. The highest BCUT2D eigenvalue weighted by Gasteiger charge is 2.13. The van der Waals surface area contributed by atoms with Gasteiger partial charge in [-0.2, -0.15) is 0 Å². The molecule has 0 unspecified atom stereocenters. The highest BCUT2D eigenvalue weighted by molar-refractivity contribution is 5.85. The van der Waals surface area contributed by atoms with Crippen molar-refractivity contribution in [2.75, 3.05) is 0 Å². The third-order valence-electron chi connectivity index (χ3n) is 4.16. The number of hydrogen-bond acceptors (Lipinski definition) is 3. The summed E-state index contributed by atoms with van der Waals surface area (Å²) in [4.78, 5) is 15.2. The van der Waals surface area contributed by atoms with E-state index in [1.807, 2.05) is 63.2 Å². The van der Waals surface area contributed by atoms with E-state index in [-0.39, 0.29) is 5.69 Å². The molecule has 0 N–H and O–H groups in total. The monoisotopic (exact) mass is 333 g/mol. The summed E-state index contributed by atoms with van der Waals surface area (Å²) in [7, 11) is 0. The van der Waals surface area contributed by atoms with E-state index in [0.717, 1.165) is 28.2 Å². The second-order valence-corrected chi connectivity index (χ2v) is 6.00. The lowest BCUT2D eigenvalue weighted by molar-refractivity contribution is -0.384. The fraction of sp³-hybridized carbons (Fsp3) is 0.150. The highest BCUT2D eigenvalue weighted by Crippen LogP contribution is 2.28. The van der Waals surface area contributed by atoms with E-state index in [1.165, 1.54) is 0 Å². The largest absolute Gasteiger partial charge is 0.318 e. The van der Waals surface area contributed by atoms with Crippen LogP contribution in [0.2, 0.25) is 0 Å². The van der Waals surface area contributed by atoms with Gasteiger partial charge >= 0.3 is 0 Å². The molecule has 0 aliphatic rings. The predicted molar refractivity (Wildman–Crippen MR) is 100 cm³/mol. The van der Waals surface area contributed by atoms with Crippen LogP contribution < -0.4 is 0 Å². The first kappa shape index (κ1) is 16.6. The Hall–Kier alpha value is -3.21. The minimum Gasteiger partial charge on any atom is -0.318 e. The van der Waals surface area contributed by atoms with Gasteiger partial charge in [-0.25, -0.2) is 4.99 Å². The molecule has 0 radical (unpaired) electrons. The van der Waals surface area contributed by atoms with Crippen LogP contribution in [0.5, 0.6) is 0 Å². The fourth-order valence-electron chi connectivity index (χ4n) is 2.92. The van der Waals surface area contributed by atoms with Crippen LogP contribution >= 0.6 is 0 Å². The first-order valence-electron chi connectivity index (χ1n) is 8.01. The van der Waals surface area contributed by atoms with Crippen molar-refractivity contribution in [1.29, 1.82) is 0 Å². The molecular formula is C20H19N3O2. The second-order valence-electron chi connectivity index (χ2n) is 6.00. The summed E-state index contributed by atoms with van der Waals surface area (Å²) in [5.74, 6) is 0. The van der Waals surface area contributed by atoms with Gasteiger partial charge in [0.1, 0.15) is 5.69 Å². The third kappa shape index (κ3) is 3.35. The molecule has 5 heteroatoms. The average molecular weight is 333 g/mol. The van der Waals surface area contributed by atoms with E-state index in [9.17, 15) is 10.1 Å². The van der Waals surface area contributed by atoms with Crippen LogP contribution in [0.4, 0.5) is 11.4 Å². The predicted octanol–water partition coefficient (Wildman–Crippen LogP) is 5.06. The SMILES string of the molecule is Cc1ccc(N=Cc2cc(C)n(-c3ccccc3)c2C)c([N+](=O)[O-])c1. The quantitative estimate of drug-likeness (QED) is 0.380. The molecule has 0 spiro atoms. The molecule has 0 aliphatic heterocycles. The van der Waals surface area contributed by atoms with E-state index in [0.29, 0.717) is 5.69 Å². The number of benzene rings is 2. The van der Waals surface area contributed by atoms with Gasteiger partial charge < -0.3 is 4.57 Å². The first-order chi connectivity index (χ1) is 12.0. The standard InChI is InChI=1S/C20H19N3O2/c1-14-9-10-19(20(11-14)23(24)25)21-13-17-12-15(2)22(16(17)3)18-7-5-4-6-8-18/h4-13H,1-3H3. The lowest BCUT2D eigenvalue weighted by Gasteiger charge is -2.08. The fourth-order valence-corrected chi connectivity index (χ4v) is 2.92. The molecule has 25 heavy (non-hydrogen) atoms. The smallest absolute Gasteiger partial charge is 0.295 e. The van der Waals surface area contributed by atoms with Crippen LogP contribution in [0.15, 0.2) is 59.6 Å². The molecule has 2 aromatic carbocycles. The zero-order valence-electron chi connectivity index (χ0n) is 14.4. The lowest BCUT2D eigenvalue weighted by atomic mass is 10.2. The average Bonchev–Trinajstić information content (AvgIpc) is 2.88. The Morgan fingerprint density at radius 3 is 2.44 bits per heavy atom. The maximum atomic E-state index is 11.2. The van der Waals surface area contributed by atoms with Crippen molar-refractivity contribution in [1.82, 2.24) is 4.57 Å². The van der Waals surface area contributed by atoms with E-state index in [1.54, 1.807) is 18.3 Å². The Morgan fingerprint density at radius 2 is 1.76 bits per heavy atom. The Labute approximate surface area is 146 Å². The second kappa shape index (κ2) is 6.73. The van der Waals surface area contributed by atoms with Gasteiger partial charge in [0, 0.05) is 34.9 Å². The Morgan fingerprint density at radius 1 is 1.04 bits per heavy atom. The van der Waals surface area contributed by atoms with Crippen molar-refractivity contribution in [3.63, 3.8) is 0 Å². The lowest BCUT2D eigenvalue weighted by Crippen LogP contribution is -1.99. The van der Waals surface area contributed by atoms with Gasteiger partial charge in [-0.05, 0) is 50.6 Å². The van der Waals surface area contributed by atoms with Crippen LogP contribution in [-0.4, -0.2) is 15.7 Å². The van der Waals surface area contributed by atoms with Crippen molar-refractivity contribution < 1.29 is 4.92 Å². The summed E-state index contributed by atoms with van der Waals surface area (Å²) < 4.78 is 2.14. The van der Waals surface area contributed by atoms with E-state index in [4.69, 9.17) is 0 Å². The van der Waals surface area contributed by atoms with Gasteiger partial charge in [-0.3, -0.25) is 10.1 Å². The minimum atomic E-state index is -0.396. The number of nitrogens with zero attached hydrogens (tertiary/aromatic N) is 3. The molecule has 3 rings (SSSR count). The van der Waals surface area contributed by atoms with E-state index >= 15 is 0 Å². The molecule has 1 aromatic heterocycles. The van der Waals surface area contributed by atoms with Crippen LogP contribution in [-0.2, 0) is 0 Å². The van der Waals surface area contributed by atoms with E-state index in [2.05, 4.69) is 9.56 Å². The van der Waals surface area contributed by atoms with Gasteiger partial charge in [-0.15, -0.1) is 0 Å². The molecule has 0 aliphatic carbocycles. The summed E-state index contributed by atoms with van der Waals surface area (Å²) in [5.41, 5.74) is 5.38. The maximum absolute atomic E-state index is 11.2. The van der Waals surface area contributed by atoms with Crippen LogP contribution in [0.25, 0.3) is 5.69 Å². The van der Waals surface area contributed by atoms with Gasteiger partial charge in [0.15, 0.2) is 0 Å². The Bertz CT molecular complexity index is 957. The zero-order chi connectivity index (χ0) is 18.0. The van der Waals surface area contributed by atoms with Gasteiger partial charge in [-0.1, -0.05) is 24.3 Å². The number of hydrogen-bond donors (Lipinski definition) is 0. The molecule has 3 aromatic rings. The van der Waals surface area contributed by atoms with Crippen LogP contribution in [0.1, 0.15) is 22.5 Å². The van der Waals surface area contributed by atoms with Crippen LogP contribution in [0.3, 0.4) is 0 Å². The van der Waals surface area contributed by atoms with Crippen molar-refractivity contribution in [3.05, 3.63) is 87.2 Å². The molecule has 5 nitrogen and oxygen atoms in total. The van der Waals surface area contributed by atoms with E-state index < -0.39 is 4.92 Å². The first-order valence-corrected chi connectivity index (χ1v) is 8.01. The molecule has 0 amide bonds. The zero-order valence-corrected chi connectivity index (χ0v) is 14.4. The van der Waals surface area contributed by atoms with Gasteiger partial charge in [0.2, 0.25) is 0 Å². The number of para-hydroxylation sites is 1. The molecule has 0 atom stereocenters. The molecule has 0 fully saturated rings. The van der Waals surface area contributed by atoms with Crippen LogP contribution in [0, 0.1) is 30.9 Å². The minimum absolute atomic E-state index is 0.0214. The number of nitro groups is 1. The van der Waals surface area contributed by atoms with Crippen molar-refractivity contribution >= 4 is 17.6 Å². The molecule has 1 heterocycles. The third-order valence-corrected chi connectivity index (χ3v) is 4.16. The molecule has 0 bridgehead atoms. The molecule has 0 saturated heterocycles. The molecule has 0 saturated carbocycles. The highest BCUT2D eigenvalue weighted by atomic mass is 16.6. The summed E-state index contributed by atoms with van der Waals surface area (Å²) in [5, 5.41) is 11.2. The molecular weight excluding hydrogens is 314 g/mol. The number of aryl methyl sites for hydroxylation is 2. The number of aromatic nitrogens is 1. The number of aliphatic imine (C=N–C) groups is 1. The summed E-state index contributed by atoms with van der Waals surface area (Å²) in [6, 6.07) is 17.2.